The lowest BCUT2D eigenvalue weighted by Gasteiger charge is -2.30. The van der Waals surface area contributed by atoms with Gasteiger partial charge in [-0.25, -0.2) is 0 Å². The average molecular weight is 370 g/mol. The summed E-state index contributed by atoms with van der Waals surface area (Å²) in [5.41, 5.74) is 1.24. The zero-order valence-electron chi connectivity index (χ0n) is 16.3. The highest BCUT2D eigenvalue weighted by atomic mass is 16.3. The molecule has 27 heavy (non-hydrogen) atoms. The van der Waals surface area contributed by atoms with E-state index in [9.17, 15) is 15.3 Å². The van der Waals surface area contributed by atoms with Gasteiger partial charge in [0.05, 0.1) is 11.7 Å². The highest BCUT2D eigenvalue weighted by Gasteiger charge is 2.41. The topological polar surface area (TPSA) is 63.9 Å². The number of rotatable bonds is 3. The summed E-state index contributed by atoms with van der Waals surface area (Å²) in [6.45, 7) is 6.44. The highest BCUT2D eigenvalue weighted by molar-refractivity contribution is 5.29. The molecule has 2 fully saturated rings. The molecular weight excluding hydrogens is 338 g/mol. The fourth-order valence-electron chi connectivity index (χ4n) is 4.38. The first-order valence-electron chi connectivity index (χ1n) is 9.77. The van der Waals surface area contributed by atoms with Gasteiger partial charge in [0.15, 0.2) is 0 Å². The van der Waals surface area contributed by atoms with E-state index in [-0.39, 0.29) is 11.9 Å². The number of benzene rings is 2. The minimum Gasteiger partial charge on any atom is -0.508 e. The monoisotopic (exact) mass is 369 g/mol. The quantitative estimate of drug-likeness (QED) is 0.777. The molecular formula is C23H31NO3. The molecule has 1 aliphatic heterocycles. The molecule has 2 aromatic rings. The smallest absolute Gasteiger partial charge is 0.115 e. The van der Waals surface area contributed by atoms with Crippen LogP contribution in [0.25, 0.3) is 0 Å². The van der Waals surface area contributed by atoms with Crippen LogP contribution >= 0.6 is 0 Å². The maximum atomic E-state index is 10.7. The Bertz CT molecular complexity index is 700. The predicted molar refractivity (Wildman–Crippen MR) is 108 cm³/mol. The molecule has 1 aliphatic carbocycles. The standard InChI is InChI=1S/C16H23NO3.C7H8/c1-16(20,13-2-4-14(18)5-3-13)10-17-8-11-6-15(19)7-12(11)9-17;1-7-5-3-2-4-6-7/h2-5,11-12,15,18-20H,6-10H2,1H3;2-6H,1H3/t11-,12+,15?,16?;. The normalized spacial score (nSPS) is 26.7. The average Bonchev–Trinajstić information content (AvgIpc) is 3.12. The second-order valence-corrected chi connectivity index (χ2v) is 8.31. The Kier molecular flexibility index (Phi) is 6.20. The molecule has 0 radical (unpaired) electrons. The van der Waals surface area contributed by atoms with E-state index in [1.165, 1.54) is 5.56 Å². The summed E-state index contributed by atoms with van der Waals surface area (Å²) in [7, 11) is 0. The number of aliphatic hydroxyl groups excluding tert-OH is 1. The van der Waals surface area contributed by atoms with Gasteiger partial charge in [-0.1, -0.05) is 48.0 Å². The van der Waals surface area contributed by atoms with Crippen LogP contribution in [0.15, 0.2) is 54.6 Å². The van der Waals surface area contributed by atoms with Gasteiger partial charge in [0.2, 0.25) is 0 Å². The molecule has 146 valence electrons. The first-order valence-corrected chi connectivity index (χ1v) is 9.77. The van der Waals surface area contributed by atoms with E-state index < -0.39 is 5.60 Å². The van der Waals surface area contributed by atoms with Crippen molar-refractivity contribution in [2.45, 2.75) is 38.4 Å². The van der Waals surface area contributed by atoms with E-state index in [4.69, 9.17) is 0 Å². The SMILES string of the molecule is CC(O)(CN1C[C@H]2CC(O)C[C@H]2C1)c1ccc(O)cc1.Cc1ccccc1. The number of phenolic OH excluding ortho intramolecular Hbond substituents is 1. The molecule has 0 amide bonds. The molecule has 0 spiro atoms. The number of aryl methyl sites for hydroxylation is 1. The first kappa shape index (κ1) is 19.9. The maximum absolute atomic E-state index is 10.7. The lowest BCUT2D eigenvalue weighted by Crippen LogP contribution is -2.38. The minimum absolute atomic E-state index is 0.121. The van der Waals surface area contributed by atoms with Crippen molar-refractivity contribution in [2.24, 2.45) is 11.8 Å². The van der Waals surface area contributed by atoms with Crippen molar-refractivity contribution >= 4 is 0 Å². The van der Waals surface area contributed by atoms with Crippen LogP contribution < -0.4 is 0 Å². The Labute approximate surface area is 162 Å². The summed E-state index contributed by atoms with van der Waals surface area (Å²) in [5, 5.41) is 29.7. The molecule has 1 heterocycles. The third-order valence-electron chi connectivity index (χ3n) is 5.76. The number of nitrogens with zero attached hydrogens (tertiary/aromatic N) is 1. The number of aliphatic hydroxyl groups is 2. The van der Waals surface area contributed by atoms with Crippen LogP contribution in [0.4, 0.5) is 0 Å². The third kappa shape index (κ3) is 5.32. The lowest BCUT2D eigenvalue weighted by molar-refractivity contribution is 0.0192. The summed E-state index contributed by atoms with van der Waals surface area (Å²) in [5.74, 6) is 1.38. The van der Waals surface area contributed by atoms with Gasteiger partial charge in [0.1, 0.15) is 5.75 Å². The van der Waals surface area contributed by atoms with Gasteiger partial charge in [-0.3, -0.25) is 4.90 Å². The zero-order valence-corrected chi connectivity index (χ0v) is 16.3. The van der Waals surface area contributed by atoms with E-state index in [2.05, 4.69) is 24.0 Å². The highest BCUT2D eigenvalue weighted by Crippen LogP contribution is 2.39. The van der Waals surface area contributed by atoms with Crippen molar-refractivity contribution in [1.29, 1.82) is 0 Å². The summed E-state index contributed by atoms with van der Waals surface area (Å²) < 4.78 is 0. The van der Waals surface area contributed by atoms with Crippen LogP contribution in [0.1, 0.15) is 30.9 Å². The lowest BCUT2D eigenvalue weighted by atomic mass is 9.95. The first-order chi connectivity index (χ1) is 12.8. The Balaban J connectivity index is 0.000000253. The van der Waals surface area contributed by atoms with Crippen molar-refractivity contribution in [3.8, 4) is 5.75 Å². The molecule has 1 saturated carbocycles. The number of phenols is 1. The van der Waals surface area contributed by atoms with Gasteiger partial charge in [-0.2, -0.15) is 0 Å². The van der Waals surface area contributed by atoms with Crippen molar-refractivity contribution in [3.05, 3.63) is 65.7 Å². The number of hydrogen-bond donors (Lipinski definition) is 3. The third-order valence-corrected chi connectivity index (χ3v) is 5.76. The van der Waals surface area contributed by atoms with Crippen LogP contribution in [-0.4, -0.2) is 46.0 Å². The Morgan fingerprint density at radius 2 is 1.52 bits per heavy atom. The van der Waals surface area contributed by atoms with Gasteiger partial charge < -0.3 is 15.3 Å². The fourth-order valence-corrected chi connectivity index (χ4v) is 4.38. The van der Waals surface area contributed by atoms with Crippen molar-refractivity contribution < 1.29 is 15.3 Å². The molecule has 0 aromatic heterocycles. The molecule has 0 bridgehead atoms. The second kappa shape index (κ2) is 8.42. The second-order valence-electron chi connectivity index (χ2n) is 8.31. The van der Waals surface area contributed by atoms with Crippen LogP contribution in [0.5, 0.6) is 5.75 Å². The molecule has 4 nitrogen and oxygen atoms in total. The Morgan fingerprint density at radius 3 is 2.00 bits per heavy atom. The van der Waals surface area contributed by atoms with Gasteiger partial charge in [-0.05, 0) is 56.2 Å². The van der Waals surface area contributed by atoms with E-state index >= 15 is 0 Å². The van der Waals surface area contributed by atoms with Crippen LogP contribution in [0.2, 0.25) is 0 Å². The summed E-state index contributed by atoms with van der Waals surface area (Å²) in [6, 6.07) is 17.0. The number of aromatic hydroxyl groups is 1. The van der Waals surface area contributed by atoms with Crippen molar-refractivity contribution in [2.75, 3.05) is 19.6 Å². The Morgan fingerprint density at radius 1 is 0.963 bits per heavy atom. The Hall–Kier alpha value is -1.88. The van der Waals surface area contributed by atoms with Gasteiger partial charge in [0.25, 0.3) is 0 Å². The van der Waals surface area contributed by atoms with Gasteiger partial charge >= 0.3 is 0 Å². The summed E-state index contributed by atoms with van der Waals surface area (Å²) >= 11 is 0. The van der Waals surface area contributed by atoms with Crippen LogP contribution in [0.3, 0.4) is 0 Å². The number of hydrogen-bond acceptors (Lipinski definition) is 4. The minimum atomic E-state index is -0.912. The molecule has 1 saturated heterocycles. The fraction of sp³-hybridized carbons (Fsp3) is 0.478. The summed E-state index contributed by atoms with van der Waals surface area (Å²) in [4.78, 5) is 2.30. The molecule has 4 rings (SSSR count). The molecule has 2 aliphatic rings. The van der Waals surface area contributed by atoms with E-state index in [1.807, 2.05) is 25.1 Å². The van der Waals surface area contributed by atoms with Crippen LogP contribution in [-0.2, 0) is 5.60 Å². The van der Waals surface area contributed by atoms with Crippen LogP contribution in [0, 0.1) is 18.8 Å². The zero-order chi connectivity index (χ0) is 19.4. The van der Waals surface area contributed by atoms with Gasteiger partial charge in [0, 0.05) is 19.6 Å². The van der Waals surface area contributed by atoms with E-state index in [0.29, 0.717) is 18.4 Å². The molecule has 3 N–H and O–H groups in total. The van der Waals surface area contributed by atoms with E-state index in [0.717, 1.165) is 31.5 Å². The molecule has 4 atom stereocenters. The molecule has 4 heteroatoms. The van der Waals surface area contributed by atoms with E-state index in [1.54, 1.807) is 24.3 Å². The summed E-state index contributed by atoms with van der Waals surface area (Å²) in [6.07, 6.45) is 1.69. The molecule has 2 unspecified atom stereocenters. The van der Waals surface area contributed by atoms with Gasteiger partial charge in [-0.15, -0.1) is 0 Å². The number of β-amino-alcohol motifs (C(OH)–C–C–N with tert-alkyl or cyclic N) is 1. The van der Waals surface area contributed by atoms with Crippen molar-refractivity contribution in [3.63, 3.8) is 0 Å². The van der Waals surface area contributed by atoms with Crippen molar-refractivity contribution in [1.82, 2.24) is 4.90 Å². The maximum Gasteiger partial charge on any atom is 0.115 e. The number of likely N-dealkylation sites (tertiary alicyclic amines) is 1. The predicted octanol–water partition coefficient (Wildman–Crippen LogP) is 3.30. The molecule has 2 aromatic carbocycles. The number of fused-ring (bicyclic) bond motifs is 1. The largest absolute Gasteiger partial charge is 0.508 e.